The van der Waals surface area contributed by atoms with Crippen molar-refractivity contribution in [3.8, 4) is 0 Å². The molecule has 1 unspecified atom stereocenters. The molecule has 0 bridgehead atoms. The summed E-state index contributed by atoms with van der Waals surface area (Å²) in [7, 11) is 0. The first-order valence-electron chi connectivity index (χ1n) is 8.21. The fourth-order valence-corrected chi connectivity index (χ4v) is 4.76. The Bertz CT molecular complexity index is 684. The van der Waals surface area contributed by atoms with Crippen LogP contribution in [-0.2, 0) is 4.79 Å². The van der Waals surface area contributed by atoms with Crippen molar-refractivity contribution >= 4 is 45.7 Å². The average Bonchev–Trinajstić information content (AvgIpc) is 3.26. The molecule has 0 aliphatic heterocycles. The predicted octanol–water partition coefficient (Wildman–Crippen LogP) is 5.82. The number of halogens is 1. The second-order valence-corrected chi connectivity index (χ2v) is 8.31. The highest BCUT2D eigenvalue weighted by Gasteiger charge is 2.27. The van der Waals surface area contributed by atoms with Gasteiger partial charge < -0.3 is 5.32 Å². The lowest BCUT2D eigenvalue weighted by Crippen LogP contribution is -2.23. The SMILES string of the molecule is CSc1ccc(C(CC2CCCC2)C(=O)Nc2nccs2)cc1Cl. The highest BCUT2D eigenvalue weighted by atomic mass is 35.5. The van der Waals surface area contributed by atoms with Crippen molar-refractivity contribution in [1.29, 1.82) is 0 Å². The minimum atomic E-state index is -0.176. The van der Waals surface area contributed by atoms with Gasteiger partial charge in [-0.05, 0) is 36.3 Å². The van der Waals surface area contributed by atoms with Crippen molar-refractivity contribution in [1.82, 2.24) is 4.98 Å². The molecule has 1 saturated carbocycles. The van der Waals surface area contributed by atoms with Gasteiger partial charge in [0.2, 0.25) is 5.91 Å². The monoisotopic (exact) mass is 380 g/mol. The number of nitrogens with zero attached hydrogens (tertiary/aromatic N) is 1. The summed E-state index contributed by atoms with van der Waals surface area (Å²) in [5, 5.41) is 6.21. The summed E-state index contributed by atoms with van der Waals surface area (Å²) in [6.07, 6.45) is 9.58. The quantitative estimate of drug-likeness (QED) is 0.642. The van der Waals surface area contributed by atoms with Crippen LogP contribution in [0.4, 0.5) is 5.13 Å². The Morgan fingerprint density at radius 2 is 2.25 bits per heavy atom. The molecule has 1 aliphatic carbocycles. The number of hydrogen-bond donors (Lipinski definition) is 1. The summed E-state index contributed by atoms with van der Waals surface area (Å²) in [4.78, 5) is 18.1. The molecule has 0 radical (unpaired) electrons. The van der Waals surface area contributed by atoms with Crippen LogP contribution in [0.25, 0.3) is 0 Å². The van der Waals surface area contributed by atoms with E-state index >= 15 is 0 Å². The molecule has 1 amide bonds. The van der Waals surface area contributed by atoms with Gasteiger partial charge in [0.25, 0.3) is 0 Å². The first kappa shape index (κ1) is 17.8. The van der Waals surface area contributed by atoms with E-state index in [9.17, 15) is 4.79 Å². The maximum absolute atomic E-state index is 12.9. The van der Waals surface area contributed by atoms with E-state index in [1.54, 1.807) is 18.0 Å². The van der Waals surface area contributed by atoms with Crippen LogP contribution in [0.2, 0.25) is 5.02 Å². The zero-order chi connectivity index (χ0) is 16.9. The first-order valence-corrected chi connectivity index (χ1v) is 10.7. The third-order valence-electron chi connectivity index (χ3n) is 4.60. The van der Waals surface area contributed by atoms with E-state index in [2.05, 4.69) is 10.3 Å². The van der Waals surface area contributed by atoms with E-state index in [1.165, 1.54) is 37.0 Å². The number of anilines is 1. The normalized spacial score (nSPS) is 16.2. The molecule has 128 valence electrons. The second-order valence-electron chi connectivity index (χ2n) is 6.16. The van der Waals surface area contributed by atoms with Crippen LogP contribution in [0, 0.1) is 5.92 Å². The minimum Gasteiger partial charge on any atom is -0.301 e. The number of benzene rings is 1. The summed E-state index contributed by atoms with van der Waals surface area (Å²) < 4.78 is 0. The van der Waals surface area contributed by atoms with Gasteiger partial charge in [0.05, 0.1) is 10.9 Å². The highest BCUT2D eigenvalue weighted by Crippen LogP contribution is 2.37. The molecule has 1 atom stereocenters. The molecule has 1 aliphatic rings. The average molecular weight is 381 g/mol. The second kappa shape index (κ2) is 8.37. The van der Waals surface area contributed by atoms with Crippen LogP contribution in [-0.4, -0.2) is 17.1 Å². The summed E-state index contributed by atoms with van der Waals surface area (Å²) >= 11 is 9.44. The smallest absolute Gasteiger partial charge is 0.233 e. The molecular weight excluding hydrogens is 360 g/mol. The fraction of sp³-hybridized carbons (Fsp3) is 0.444. The zero-order valence-electron chi connectivity index (χ0n) is 13.6. The molecule has 24 heavy (non-hydrogen) atoms. The van der Waals surface area contributed by atoms with Crippen LogP contribution < -0.4 is 5.32 Å². The van der Waals surface area contributed by atoms with Gasteiger partial charge in [-0.15, -0.1) is 23.1 Å². The van der Waals surface area contributed by atoms with Gasteiger partial charge in [-0.1, -0.05) is 43.4 Å². The van der Waals surface area contributed by atoms with Gasteiger partial charge in [0.1, 0.15) is 0 Å². The van der Waals surface area contributed by atoms with Crippen molar-refractivity contribution in [2.75, 3.05) is 11.6 Å². The summed E-state index contributed by atoms with van der Waals surface area (Å²) in [6, 6.07) is 6.01. The van der Waals surface area contributed by atoms with Gasteiger partial charge in [-0.2, -0.15) is 0 Å². The number of nitrogens with one attached hydrogen (secondary N) is 1. The Kier molecular flexibility index (Phi) is 6.19. The lowest BCUT2D eigenvalue weighted by Gasteiger charge is -2.20. The molecule has 2 aromatic rings. The molecular formula is C18H21ClN2OS2. The Labute approximate surface area is 156 Å². The van der Waals surface area contributed by atoms with E-state index in [4.69, 9.17) is 11.6 Å². The van der Waals surface area contributed by atoms with E-state index < -0.39 is 0 Å². The standard InChI is InChI=1S/C18H21ClN2OS2/c1-23-16-7-6-13(11-15(16)19)14(10-12-4-2-3-5-12)17(22)21-18-20-8-9-24-18/h6-9,11-12,14H,2-5,10H2,1H3,(H,20,21,22). The Morgan fingerprint density at radius 3 is 2.88 bits per heavy atom. The first-order chi connectivity index (χ1) is 11.7. The third-order valence-corrected chi connectivity index (χ3v) is 6.51. The number of thiazole rings is 1. The Balaban J connectivity index is 1.82. The van der Waals surface area contributed by atoms with Crippen LogP contribution in [0.3, 0.4) is 0 Å². The van der Waals surface area contributed by atoms with E-state index in [0.717, 1.165) is 21.9 Å². The van der Waals surface area contributed by atoms with Gasteiger partial charge in [-0.25, -0.2) is 4.98 Å². The van der Waals surface area contributed by atoms with E-state index in [0.29, 0.717) is 11.0 Å². The van der Waals surface area contributed by atoms with Gasteiger partial charge >= 0.3 is 0 Å². The van der Waals surface area contributed by atoms with Crippen molar-refractivity contribution in [2.24, 2.45) is 5.92 Å². The van der Waals surface area contributed by atoms with Crippen LogP contribution in [0.1, 0.15) is 43.6 Å². The molecule has 0 saturated heterocycles. The Hall–Kier alpha value is -1.04. The molecule has 0 spiro atoms. The molecule has 6 heteroatoms. The van der Waals surface area contributed by atoms with E-state index in [-0.39, 0.29) is 11.8 Å². The predicted molar refractivity (Wildman–Crippen MR) is 103 cm³/mol. The molecule has 3 rings (SSSR count). The topological polar surface area (TPSA) is 42.0 Å². The molecule has 1 N–H and O–H groups in total. The van der Waals surface area contributed by atoms with Gasteiger partial charge in [-0.3, -0.25) is 4.79 Å². The minimum absolute atomic E-state index is 0.0184. The summed E-state index contributed by atoms with van der Waals surface area (Å²) in [5.41, 5.74) is 0.999. The van der Waals surface area contributed by atoms with Crippen molar-refractivity contribution in [2.45, 2.75) is 42.9 Å². The molecule has 1 aromatic carbocycles. The van der Waals surface area contributed by atoms with Crippen LogP contribution in [0.5, 0.6) is 0 Å². The number of hydrogen-bond acceptors (Lipinski definition) is 4. The third kappa shape index (κ3) is 4.32. The number of thioether (sulfide) groups is 1. The van der Waals surface area contributed by atoms with Gasteiger partial charge in [0, 0.05) is 16.5 Å². The summed E-state index contributed by atoms with van der Waals surface area (Å²) in [6.45, 7) is 0. The van der Waals surface area contributed by atoms with Crippen molar-refractivity contribution in [3.63, 3.8) is 0 Å². The molecule has 3 nitrogen and oxygen atoms in total. The Morgan fingerprint density at radius 1 is 1.46 bits per heavy atom. The lowest BCUT2D eigenvalue weighted by atomic mass is 9.87. The zero-order valence-corrected chi connectivity index (χ0v) is 16.0. The highest BCUT2D eigenvalue weighted by molar-refractivity contribution is 7.98. The van der Waals surface area contributed by atoms with Crippen molar-refractivity contribution in [3.05, 3.63) is 40.4 Å². The molecule has 1 heterocycles. The van der Waals surface area contributed by atoms with E-state index in [1.807, 2.05) is 29.8 Å². The molecule has 1 aromatic heterocycles. The number of carbonyl (C=O) groups is 1. The van der Waals surface area contributed by atoms with Gasteiger partial charge in [0.15, 0.2) is 5.13 Å². The fourth-order valence-electron chi connectivity index (χ4n) is 3.35. The largest absolute Gasteiger partial charge is 0.301 e. The number of rotatable bonds is 6. The molecule has 1 fully saturated rings. The van der Waals surface area contributed by atoms with Crippen LogP contribution in [0.15, 0.2) is 34.7 Å². The van der Waals surface area contributed by atoms with Crippen LogP contribution >= 0.6 is 34.7 Å². The maximum atomic E-state index is 12.9. The maximum Gasteiger partial charge on any atom is 0.233 e. The number of aromatic nitrogens is 1. The number of carbonyl (C=O) groups excluding carboxylic acids is 1. The van der Waals surface area contributed by atoms with Crippen molar-refractivity contribution < 1.29 is 4.79 Å². The number of amides is 1. The lowest BCUT2D eigenvalue weighted by molar-refractivity contribution is -0.118. The summed E-state index contributed by atoms with van der Waals surface area (Å²) in [5.74, 6) is 0.464.